The van der Waals surface area contributed by atoms with Crippen molar-refractivity contribution in [3.63, 3.8) is 0 Å². The van der Waals surface area contributed by atoms with E-state index < -0.39 is 20.2 Å². The molecule has 0 aliphatic rings. The van der Waals surface area contributed by atoms with E-state index in [2.05, 4.69) is 0 Å². The van der Waals surface area contributed by atoms with Crippen LogP contribution in [0, 0.1) is 0 Å². The Hall–Kier alpha value is -2.74. The highest BCUT2D eigenvalue weighted by atomic mass is 32.2. The Kier molecular flexibility index (Phi) is 3.68. The number of benzene rings is 2. The molecule has 0 atom stereocenters. The van der Waals surface area contributed by atoms with E-state index in [0.29, 0.717) is 11.2 Å². The maximum Gasteiger partial charge on any atom is 0.502 e. The fraction of sp³-hybridized carbons (Fsp3) is 0.158. The molecule has 4 rings (SSSR count). The molecule has 0 aliphatic carbocycles. The number of hydrogen-bond donors (Lipinski definition) is 0. The van der Waals surface area contributed by atoms with Gasteiger partial charge < -0.3 is 9.13 Å². The van der Waals surface area contributed by atoms with Gasteiger partial charge in [0.15, 0.2) is 0 Å². The molecule has 0 saturated carbocycles. The number of aromatic nitrogens is 2. The Labute approximate surface area is 153 Å². The summed E-state index contributed by atoms with van der Waals surface area (Å²) in [6.07, 6.45) is 0. The van der Waals surface area contributed by atoms with E-state index in [4.69, 9.17) is 0 Å². The summed E-state index contributed by atoms with van der Waals surface area (Å²) < 4.78 is 68.5. The SMILES string of the molecule is Cn1c(-c2c(S(=O)(=O)C(F)(F)F)c3ccccc3n2C)cc2ccccc21. The van der Waals surface area contributed by atoms with Gasteiger partial charge in [0, 0.05) is 35.9 Å². The number of para-hydroxylation sites is 2. The number of sulfone groups is 1. The first-order valence-corrected chi connectivity index (χ1v) is 9.56. The van der Waals surface area contributed by atoms with Crippen molar-refractivity contribution >= 4 is 31.6 Å². The molecule has 0 aliphatic heterocycles. The molecule has 2 aromatic heterocycles. The zero-order chi connectivity index (χ0) is 19.6. The Bertz CT molecular complexity index is 1300. The second-order valence-electron chi connectivity index (χ2n) is 6.35. The highest BCUT2D eigenvalue weighted by molar-refractivity contribution is 7.92. The van der Waals surface area contributed by atoms with Gasteiger partial charge in [-0.05, 0) is 18.2 Å². The van der Waals surface area contributed by atoms with Crippen LogP contribution < -0.4 is 0 Å². The second kappa shape index (κ2) is 5.63. The van der Waals surface area contributed by atoms with Crippen LogP contribution in [0.5, 0.6) is 0 Å². The van der Waals surface area contributed by atoms with E-state index in [0.717, 1.165) is 10.9 Å². The molecule has 2 heterocycles. The van der Waals surface area contributed by atoms with Gasteiger partial charge in [-0.15, -0.1) is 0 Å². The first-order valence-electron chi connectivity index (χ1n) is 8.08. The molecular formula is C19H15F3N2O2S. The van der Waals surface area contributed by atoms with Crippen molar-refractivity contribution < 1.29 is 21.6 Å². The van der Waals surface area contributed by atoms with Crippen LogP contribution in [-0.4, -0.2) is 23.1 Å². The van der Waals surface area contributed by atoms with E-state index in [9.17, 15) is 21.6 Å². The average molecular weight is 392 g/mol. The standard InChI is InChI=1S/C19H15F3N2O2S/c1-23-14-9-5-3-7-12(14)11-16(23)17-18(27(25,26)19(20,21)22)13-8-4-6-10-15(13)24(17)2/h3-11H,1-2H3. The zero-order valence-corrected chi connectivity index (χ0v) is 15.3. The zero-order valence-electron chi connectivity index (χ0n) is 14.4. The molecule has 4 aromatic rings. The van der Waals surface area contributed by atoms with Gasteiger partial charge >= 0.3 is 5.51 Å². The van der Waals surface area contributed by atoms with Crippen LogP contribution in [0.25, 0.3) is 33.2 Å². The van der Waals surface area contributed by atoms with Crippen molar-refractivity contribution in [2.24, 2.45) is 14.1 Å². The van der Waals surface area contributed by atoms with Crippen LogP contribution in [0.4, 0.5) is 13.2 Å². The van der Waals surface area contributed by atoms with Crippen LogP contribution in [0.15, 0.2) is 59.5 Å². The normalized spacial score (nSPS) is 12.9. The summed E-state index contributed by atoms with van der Waals surface area (Å²) >= 11 is 0. The number of hydrogen-bond acceptors (Lipinski definition) is 2. The summed E-state index contributed by atoms with van der Waals surface area (Å²) in [5, 5.41) is 0.869. The lowest BCUT2D eigenvalue weighted by molar-refractivity contribution is -0.0435. The van der Waals surface area contributed by atoms with Crippen molar-refractivity contribution in [1.29, 1.82) is 0 Å². The smallest absolute Gasteiger partial charge is 0.342 e. The summed E-state index contributed by atoms with van der Waals surface area (Å²) in [4.78, 5) is -0.709. The molecule has 0 saturated heterocycles. The van der Waals surface area contributed by atoms with Crippen molar-refractivity contribution in [2.75, 3.05) is 0 Å². The third-order valence-electron chi connectivity index (χ3n) is 4.83. The topological polar surface area (TPSA) is 44.0 Å². The van der Waals surface area contributed by atoms with Gasteiger partial charge in [-0.3, -0.25) is 0 Å². The highest BCUT2D eigenvalue weighted by Crippen LogP contribution is 2.43. The van der Waals surface area contributed by atoms with Gasteiger partial charge in [-0.2, -0.15) is 13.2 Å². The van der Waals surface area contributed by atoms with E-state index in [-0.39, 0.29) is 11.1 Å². The molecule has 0 spiro atoms. The minimum absolute atomic E-state index is 0.0206. The van der Waals surface area contributed by atoms with Gasteiger partial charge in [-0.25, -0.2) is 8.42 Å². The van der Waals surface area contributed by atoms with Gasteiger partial charge in [0.25, 0.3) is 9.84 Å². The van der Waals surface area contributed by atoms with Crippen molar-refractivity contribution in [3.05, 3.63) is 54.6 Å². The lowest BCUT2D eigenvalue weighted by Gasteiger charge is -2.12. The molecule has 0 radical (unpaired) electrons. The molecule has 4 nitrogen and oxygen atoms in total. The van der Waals surface area contributed by atoms with Crippen LogP contribution in [0.2, 0.25) is 0 Å². The van der Waals surface area contributed by atoms with Crippen LogP contribution >= 0.6 is 0 Å². The maximum atomic E-state index is 13.5. The lowest BCUT2D eigenvalue weighted by atomic mass is 10.2. The van der Waals surface area contributed by atoms with Gasteiger partial charge in [-0.1, -0.05) is 36.4 Å². The van der Waals surface area contributed by atoms with E-state index >= 15 is 0 Å². The van der Waals surface area contributed by atoms with Crippen molar-refractivity contribution in [2.45, 2.75) is 10.4 Å². The monoisotopic (exact) mass is 392 g/mol. The summed E-state index contributed by atoms with van der Waals surface area (Å²) in [5.41, 5.74) is -3.75. The largest absolute Gasteiger partial charge is 0.502 e. The number of halogens is 3. The lowest BCUT2D eigenvalue weighted by Crippen LogP contribution is -2.24. The Morgan fingerprint density at radius 2 is 1.44 bits per heavy atom. The number of aryl methyl sites for hydroxylation is 2. The molecular weight excluding hydrogens is 377 g/mol. The number of alkyl halides is 3. The molecule has 27 heavy (non-hydrogen) atoms. The highest BCUT2D eigenvalue weighted by Gasteiger charge is 2.50. The fourth-order valence-electron chi connectivity index (χ4n) is 3.55. The van der Waals surface area contributed by atoms with Crippen LogP contribution in [0.3, 0.4) is 0 Å². The molecule has 0 N–H and O–H groups in total. The maximum absolute atomic E-state index is 13.5. The van der Waals surface area contributed by atoms with Crippen molar-refractivity contribution in [1.82, 2.24) is 9.13 Å². The van der Waals surface area contributed by atoms with E-state index in [1.165, 1.54) is 16.7 Å². The Morgan fingerprint density at radius 3 is 2.07 bits per heavy atom. The predicted octanol–water partition coefficient (Wildman–Crippen LogP) is 4.63. The van der Waals surface area contributed by atoms with Crippen molar-refractivity contribution in [3.8, 4) is 11.4 Å². The molecule has 2 aromatic carbocycles. The third-order valence-corrected chi connectivity index (χ3v) is 6.39. The van der Waals surface area contributed by atoms with Gasteiger partial charge in [0.1, 0.15) is 4.90 Å². The molecule has 0 amide bonds. The Balaban J connectivity index is 2.20. The van der Waals surface area contributed by atoms with Gasteiger partial charge in [0.2, 0.25) is 0 Å². The van der Waals surface area contributed by atoms with E-state index in [1.54, 1.807) is 36.9 Å². The fourth-order valence-corrected chi connectivity index (χ4v) is 4.74. The molecule has 8 heteroatoms. The Morgan fingerprint density at radius 1 is 0.852 bits per heavy atom. The summed E-state index contributed by atoms with van der Waals surface area (Å²) in [5.74, 6) is 0. The molecule has 0 fully saturated rings. The molecule has 0 bridgehead atoms. The first kappa shape index (κ1) is 17.7. The number of fused-ring (bicyclic) bond motifs is 2. The predicted molar refractivity (Wildman–Crippen MR) is 98.1 cm³/mol. The molecule has 140 valence electrons. The van der Waals surface area contributed by atoms with Gasteiger partial charge in [0.05, 0.1) is 11.4 Å². The minimum atomic E-state index is -5.55. The van der Waals surface area contributed by atoms with Crippen LogP contribution in [0.1, 0.15) is 0 Å². The quantitative estimate of drug-likeness (QED) is 0.499. The summed E-state index contributed by atoms with van der Waals surface area (Å²) in [6.45, 7) is 0. The summed E-state index contributed by atoms with van der Waals surface area (Å²) in [6, 6.07) is 15.2. The average Bonchev–Trinajstić information content (AvgIpc) is 3.10. The third kappa shape index (κ3) is 2.39. The summed E-state index contributed by atoms with van der Waals surface area (Å²) in [7, 11) is -2.27. The second-order valence-corrected chi connectivity index (χ2v) is 8.23. The first-order chi connectivity index (χ1) is 12.6. The van der Waals surface area contributed by atoms with Crippen LogP contribution in [-0.2, 0) is 23.9 Å². The number of nitrogens with zero attached hydrogens (tertiary/aromatic N) is 2. The number of rotatable bonds is 2. The minimum Gasteiger partial charge on any atom is -0.342 e. The van der Waals surface area contributed by atoms with E-state index in [1.807, 2.05) is 24.3 Å². The molecule has 0 unspecified atom stereocenters.